The number of likely N-dealkylation sites (tertiary alicyclic amines) is 1. The van der Waals surface area contributed by atoms with Crippen LogP contribution in [0.15, 0.2) is 11.1 Å². The van der Waals surface area contributed by atoms with Gasteiger partial charge in [-0.2, -0.15) is 0 Å². The van der Waals surface area contributed by atoms with Crippen LogP contribution in [0.4, 0.5) is 0 Å². The van der Waals surface area contributed by atoms with Crippen molar-refractivity contribution < 1.29 is 9.53 Å². The molecule has 0 amide bonds. The van der Waals surface area contributed by atoms with Crippen molar-refractivity contribution in [3.63, 3.8) is 0 Å². The molecule has 9 atom stereocenters. The van der Waals surface area contributed by atoms with E-state index < -0.39 is 0 Å². The summed E-state index contributed by atoms with van der Waals surface area (Å²) in [7, 11) is 2.32. The van der Waals surface area contributed by atoms with Crippen molar-refractivity contribution in [2.75, 3.05) is 13.6 Å². The molecule has 31 heavy (non-hydrogen) atoms. The zero-order valence-corrected chi connectivity index (χ0v) is 20.3. The van der Waals surface area contributed by atoms with Gasteiger partial charge < -0.3 is 9.64 Å². The van der Waals surface area contributed by atoms with Crippen molar-refractivity contribution in [2.24, 2.45) is 35.0 Å². The number of nitrogens with zero attached hydrogens (tertiary/aromatic N) is 1. The molecule has 2 aliphatic heterocycles. The molecule has 2 heterocycles. The van der Waals surface area contributed by atoms with Gasteiger partial charge in [-0.3, -0.25) is 4.79 Å². The normalized spacial score (nSPS) is 52.5. The molecule has 0 aromatic carbocycles. The lowest BCUT2D eigenvalue weighted by Gasteiger charge is -2.52. The number of Topliss-reactive ketones (excluding diaryl/α,β-unsaturated/α-hetero) is 1. The summed E-state index contributed by atoms with van der Waals surface area (Å²) in [4.78, 5) is 14.8. The molecule has 0 unspecified atom stereocenters. The van der Waals surface area contributed by atoms with Gasteiger partial charge in [0.2, 0.25) is 0 Å². The standard InChI is InChI=1S/C28H43NO2/c1-17-11-26-25(29(4)16-17)15-28(31-26)10-8-21-22-6-5-19-12-20(30)7-9-27(19,3)24(22)13-23(21)18(2)14-28/h17,19,21-22,24-26H,5-16H2,1-4H3/t17-,19+,21-,22-,24-,25-,26+,27-,28-/m0/s1. The minimum absolute atomic E-state index is 0.100. The number of ketones is 1. The van der Waals surface area contributed by atoms with Crippen molar-refractivity contribution in [3.8, 4) is 0 Å². The Morgan fingerprint density at radius 1 is 1.13 bits per heavy atom. The Labute approximate surface area is 189 Å². The third-order valence-electron chi connectivity index (χ3n) is 11.2. The number of likely N-dealkylation sites (N-methyl/N-ethyl adjacent to an activating group) is 1. The maximum absolute atomic E-state index is 12.2. The average molecular weight is 426 g/mol. The largest absolute Gasteiger partial charge is 0.370 e. The van der Waals surface area contributed by atoms with Gasteiger partial charge in [-0.25, -0.2) is 0 Å². The Morgan fingerprint density at radius 3 is 2.81 bits per heavy atom. The minimum Gasteiger partial charge on any atom is -0.370 e. The molecule has 3 heteroatoms. The predicted molar refractivity (Wildman–Crippen MR) is 124 cm³/mol. The van der Waals surface area contributed by atoms with Crippen molar-refractivity contribution >= 4 is 5.78 Å². The lowest BCUT2D eigenvalue weighted by molar-refractivity contribution is -0.129. The van der Waals surface area contributed by atoms with Crippen molar-refractivity contribution in [1.29, 1.82) is 0 Å². The molecule has 172 valence electrons. The number of hydrogen-bond donors (Lipinski definition) is 0. The highest BCUT2D eigenvalue weighted by atomic mass is 16.5. The summed E-state index contributed by atoms with van der Waals surface area (Å²) in [6, 6.07) is 0.633. The quantitative estimate of drug-likeness (QED) is 0.461. The van der Waals surface area contributed by atoms with E-state index in [0.717, 1.165) is 42.9 Å². The fourth-order valence-corrected chi connectivity index (χ4v) is 9.70. The molecule has 0 bridgehead atoms. The van der Waals surface area contributed by atoms with Gasteiger partial charge in [0.1, 0.15) is 5.78 Å². The number of carbonyl (C=O) groups is 1. The molecule has 6 rings (SSSR count). The molecule has 0 radical (unpaired) electrons. The number of hydrogen-bond acceptors (Lipinski definition) is 3. The number of carbonyl (C=O) groups excluding carboxylic acids is 1. The van der Waals surface area contributed by atoms with Crippen LogP contribution in [-0.4, -0.2) is 42.0 Å². The lowest BCUT2D eigenvalue weighted by atomic mass is 9.52. The molecule has 0 N–H and O–H groups in total. The topological polar surface area (TPSA) is 29.5 Å². The molecule has 4 aliphatic carbocycles. The van der Waals surface area contributed by atoms with Crippen molar-refractivity contribution in [1.82, 2.24) is 4.90 Å². The van der Waals surface area contributed by atoms with Crippen LogP contribution in [0, 0.1) is 35.0 Å². The van der Waals surface area contributed by atoms with E-state index in [1.54, 1.807) is 5.57 Å². The number of allylic oxidation sites excluding steroid dienone is 1. The molecule has 5 fully saturated rings. The second-order valence-corrected chi connectivity index (χ2v) is 13.0. The number of rotatable bonds is 0. The van der Waals surface area contributed by atoms with Gasteiger partial charge in [0.25, 0.3) is 0 Å². The van der Waals surface area contributed by atoms with E-state index in [1.807, 2.05) is 5.57 Å². The Balaban J connectivity index is 1.26. The van der Waals surface area contributed by atoms with Gasteiger partial charge in [-0.05, 0) is 107 Å². The van der Waals surface area contributed by atoms with Crippen LogP contribution in [0.1, 0.15) is 91.4 Å². The summed E-state index contributed by atoms with van der Waals surface area (Å²) in [6.45, 7) is 8.64. The maximum Gasteiger partial charge on any atom is 0.133 e. The fourth-order valence-electron chi connectivity index (χ4n) is 9.70. The van der Waals surface area contributed by atoms with Gasteiger partial charge in [0.15, 0.2) is 0 Å². The number of piperidine rings is 1. The van der Waals surface area contributed by atoms with E-state index in [-0.39, 0.29) is 5.60 Å². The fraction of sp³-hybridized carbons (Fsp3) is 0.893. The molecular formula is C28H43NO2. The first kappa shape index (κ1) is 20.9. The van der Waals surface area contributed by atoms with Gasteiger partial charge >= 0.3 is 0 Å². The van der Waals surface area contributed by atoms with Gasteiger partial charge in [0, 0.05) is 25.4 Å². The smallest absolute Gasteiger partial charge is 0.133 e. The second-order valence-electron chi connectivity index (χ2n) is 13.0. The van der Waals surface area contributed by atoms with Gasteiger partial charge in [-0.1, -0.05) is 25.0 Å². The first-order chi connectivity index (χ1) is 14.8. The summed E-state index contributed by atoms with van der Waals surface area (Å²) < 4.78 is 6.99. The van der Waals surface area contributed by atoms with Crippen LogP contribution in [0.2, 0.25) is 0 Å². The molecule has 6 aliphatic rings. The Kier molecular flexibility index (Phi) is 4.83. The molecule has 2 saturated heterocycles. The summed E-state index contributed by atoms with van der Waals surface area (Å²) in [6.07, 6.45) is 13.5. The molecule has 0 aromatic heterocycles. The van der Waals surface area contributed by atoms with Crippen LogP contribution < -0.4 is 0 Å². The van der Waals surface area contributed by atoms with Crippen molar-refractivity contribution in [2.45, 2.75) is 109 Å². The Bertz CT molecular complexity index is 803. The molecular weight excluding hydrogens is 382 g/mol. The Morgan fingerprint density at radius 2 is 1.97 bits per heavy atom. The highest BCUT2D eigenvalue weighted by Gasteiger charge is 2.58. The van der Waals surface area contributed by atoms with E-state index >= 15 is 0 Å². The van der Waals surface area contributed by atoms with E-state index in [1.165, 1.54) is 57.9 Å². The zero-order chi connectivity index (χ0) is 21.5. The summed E-state index contributed by atoms with van der Waals surface area (Å²) in [5.74, 6) is 4.42. The number of ether oxygens (including phenoxy) is 1. The minimum atomic E-state index is 0.100. The second kappa shape index (κ2) is 7.16. The van der Waals surface area contributed by atoms with E-state index in [4.69, 9.17) is 4.74 Å². The van der Waals surface area contributed by atoms with E-state index in [0.29, 0.717) is 29.3 Å². The van der Waals surface area contributed by atoms with E-state index in [2.05, 4.69) is 32.7 Å². The molecule has 3 saturated carbocycles. The maximum atomic E-state index is 12.2. The first-order valence-electron chi connectivity index (χ1n) is 13.4. The van der Waals surface area contributed by atoms with Gasteiger partial charge in [-0.15, -0.1) is 0 Å². The SMILES string of the molecule is CC1=C2C[C@H]3[C@@H](CC[C@@H]4CC(=O)CC[C@@]43C)[C@@H]2CC[C@]2(C1)C[C@H]1[C@@H](C[C@H](C)CN1C)O2. The molecule has 0 aromatic rings. The monoisotopic (exact) mass is 425 g/mol. The van der Waals surface area contributed by atoms with E-state index in [9.17, 15) is 4.79 Å². The number of fused-ring (bicyclic) bond motifs is 6. The molecule has 1 spiro atoms. The van der Waals surface area contributed by atoms with Crippen LogP contribution in [0.5, 0.6) is 0 Å². The van der Waals surface area contributed by atoms with Crippen LogP contribution in [-0.2, 0) is 9.53 Å². The third-order valence-corrected chi connectivity index (χ3v) is 11.2. The van der Waals surface area contributed by atoms with Gasteiger partial charge in [0.05, 0.1) is 11.7 Å². The lowest BCUT2D eigenvalue weighted by Crippen LogP contribution is -2.46. The average Bonchev–Trinajstić information content (AvgIpc) is 3.23. The van der Waals surface area contributed by atoms with Crippen LogP contribution in [0.25, 0.3) is 0 Å². The highest BCUT2D eigenvalue weighted by molar-refractivity contribution is 5.79. The summed E-state index contributed by atoms with van der Waals surface area (Å²) >= 11 is 0. The van der Waals surface area contributed by atoms with Crippen LogP contribution in [0.3, 0.4) is 0 Å². The van der Waals surface area contributed by atoms with Crippen LogP contribution >= 0.6 is 0 Å². The first-order valence-corrected chi connectivity index (χ1v) is 13.4. The third kappa shape index (κ3) is 3.15. The Hall–Kier alpha value is -0.670. The predicted octanol–water partition coefficient (Wildman–Crippen LogP) is 5.78. The summed E-state index contributed by atoms with van der Waals surface area (Å²) in [5.41, 5.74) is 4.01. The molecule has 3 nitrogen and oxygen atoms in total. The highest BCUT2D eigenvalue weighted by Crippen LogP contribution is 2.64. The zero-order valence-electron chi connectivity index (χ0n) is 20.3. The van der Waals surface area contributed by atoms with Crippen molar-refractivity contribution in [3.05, 3.63) is 11.1 Å². The summed E-state index contributed by atoms with van der Waals surface area (Å²) in [5, 5.41) is 0.